The van der Waals surface area contributed by atoms with Crippen LogP contribution in [0, 0.1) is 0 Å². The van der Waals surface area contributed by atoms with Crippen molar-refractivity contribution in [1.82, 2.24) is 9.97 Å². The fourth-order valence-corrected chi connectivity index (χ4v) is 2.06. The number of nitrogens with zero attached hydrogens (tertiary/aromatic N) is 2. The zero-order valence-corrected chi connectivity index (χ0v) is 11.0. The highest BCUT2D eigenvalue weighted by Crippen LogP contribution is 2.14. The second kappa shape index (κ2) is 7.13. The van der Waals surface area contributed by atoms with Gasteiger partial charge in [0.2, 0.25) is 0 Å². The molecule has 0 spiro atoms. The quantitative estimate of drug-likeness (QED) is 0.343. The molecular weight excluding hydrogens is 263 g/mol. The van der Waals surface area contributed by atoms with E-state index in [1.165, 1.54) is 6.33 Å². The van der Waals surface area contributed by atoms with Gasteiger partial charge in [0, 0.05) is 11.9 Å². The average molecular weight is 276 g/mol. The maximum atomic E-state index is 8.95. The van der Waals surface area contributed by atoms with Crippen molar-refractivity contribution in [3.63, 3.8) is 0 Å². The topological polar surface area (TPSA) is 75.5 Å². The lowest BCUT2D eigenvalue weighted by atomic mass is 9.80. The Hall–Kier alpha value is -1.57. The van der Waals surface area contributed by atoms with Gasteiger partial charge in [0.05, 0.1) is 11.6 Å². The van der Waals surface area contributed by atoms with Crippen LogP contribution in [0.1, 0.15) is 0 Å². The Balaban J connectivity index is 1.74. The van der Waals surface area contributed by atoms with Gasteiger partial charge in [-0.1, -0.05) is 12.1 Å². The normalized spacial score (nSPS) is 10.2. The highest BCUT2D eigenvalue weighted by Gasteiger charge is 2.09. The molecule has 98 valence electrons. The SMILES string of the molecule is OB(O)c1ccc(OCCSc2ccncn2)cc1. The molecule has 19 heavy (non-hydrogen) atoms. The van der Waals surface area contributed by atoms with E-state index in [1.807, 2.05) is 6.07 Å². The van der Waals surface area contributed by atoms with Crippen molar-refractivity contribution < 1.29 is 14.8 Å². The van der Waals surface area contributed by atoms with E-state index in [-0.39, 0.29) is 0 Å². The van der Waals surface area contributed by atoms with Gasteiger partial charge in [0.1, 0.15) is 12.1 Å². The highest BCUT2D eigenvalue weighted by atomic mass is 32.2. The van der Waals surface area contributed by atoms with Crippen molar-refractivity contribution in [3.8, 4) is 5.75 Å². The number of benzene rings is 1. The second-order valence-corrected chi connectivity index (χ2v) is 4.80. The summed E-state index contributed by atoms with van der Waals surface area (Å²) in [6.07, 6.45) is 3.22. The van der Waals surface area contributed by atoms with Gasteiger partial charge in [-0.15, -0.1) is 11.8 Å². The maximum Gasteiger partial charge on any atom is 0.488 e. The minimum absolute atomic E-state index is 0.447. The molecule has 0 saturated heterocycles. The van der Waals surface area contributed by atoms with Crippen LogP contribution in [-0.2, 0) is 0 Å². The Morgan fingerprint density at radius 3 is 2.58 bits per heavy atom. The van der Waals surface area contributed by atoms with Crippen molar-refractivity contribution in [2.45, 2.75) is 5.03 Å². The largest absolute Gasteiger partial charge is 0.493 e. The molecular formula is C12H13BN2O3S. The molecule has 0 aliphatic carbocycles. The summed E-state index contributed by atoms with van der Waals surface area (Å²) in [5.41, 5.74) is 0.447. The average Bonchev–Trinajstić information content (AvgIpc) is 2.45. The molecule has 7 heteroatoms. The summed E-state index contributed by atoms with van der Waals surface area (Å²) in [6, 6.07) is 8.52. The van der Waals surface area contributed by atoms with Gasteiger partial charge in [0.25, 0.3) is 0 Å². The fraction of sp³-hybridized carbons (Fsp3) is 0.167. The van der Waals surface area contributed by atoms with E-state index in [9.17, 15) is 0 Å². The van der Waals surface area contributed by atoms with E-state index >= 15 is 0 Å². The number of hydrogen-bond acceptors (Lipinski definition) is 6. The second-order valence-electron chi connectivity index (χ2n) is 3.69. The molecule has 2 N–H and O–H groups in total. The van der Waals surface area contributed by atoms with Crippen LogP contribution >= 0.6 is 11.8 Å². The third-order valence-corrected chi connectivity index (χ3v) is 3.24. The first-order chi connectivity index (χ1) is 9.25. The van der Waals surface area contributed by atoms with Gasteiger partial charge in [-0.25, -0.2) is 9.97 Å². The molecule has 0 bridgehead atoms. The molecule has 0 saturated carbocycles. The lowest BCUT2D eigenvalue weighted by molar-refractivity contribution is 0.344. The number of thioether (sulfide) groups is 1. The van der Waals surface area contributed by atoms with Crippen LogP contribution in [0.5, 0.6) is 5.75 Å². The summed E-state index contributed by atoms with van der Waals surface area (Å²) in [7, 11) is -1.44. The summed E-state index contributed by atoms with van der Waals surface area (Å²) < 4.78 is 5.53. The van der Waals surface area contributed by atoms with Crippen LogP contribution in [-0.4, -0.2) is 39.5 Å². The first kappa shape index (κ1) is 13.9. The smallest absolute Gasteiger partial charge is 0.488 e. The first-order valence-electron chi connectivity index (χ1n) is 5.73. The van der Waals surface area contributed by atoms with E-state index in [0.29, 0.717) is 17.8 Å². The Labute approximate surface area is 115 Å². The molecule has 0 aliphatic heterocycles. The molecule has 2 rings (SSSR count). The number of rotatable bonds is 6. The minimum Gasteiger partial charge on any atom is -0.493 e. The first-order valence-corrected chi connectivity index (χ1v) is 6.72. The van der Waals surface area contributed by atoms with Crippen LogP contribution in [0.3, 0.4) is 0 Å². The van der Waals surface area contributed by atoms with E-state index in [2.05, 4.69) is 9.97 Å². The Kier molecular flexibility index (Phi) is 5.20. The molecule has 0 aliphatic rings. The number of aromatic nitrogens is 2. The van der Waals surface area contributed by atoms with Crippen LogP contribution in [0.25, 0.3) is 0 Å². The molecule has 1 heterocycles. The minimum atomic E-state index is -1.44. The summed E-state index contributed by atoms with van der Waals surface area (Å²) >= 11 is 1.59. The van der Waals surface area contributed by atoms with Gasteiger partial charge < -0.3 is 14.8 Å². The lowest BCUT2D eigenvalue weighted by Gasteiger charge is -2.06. The van der Waals surface area contributed by atoms with Gasteiger partial charge in [-0.3, -0.25) is 0 Å². The highest BCUT2D eigenvalue weighted by molar-refractivity contribution is 7.99. The Morgan fingerprint density at radius 1 is 1.16 bits per heavy atom. The number of ether oxygens (including phenoxy) is 1. The molecule has 0 fully saturated rings. The third kappa shape index (κ3) is 4.55. The van der Waals surface area contributed by atoms with Gasteiger partial charge in [0.15, 0.2) is 0 Å². The van der Waals surface area contributed by atoms with Crippen LogP contribution < -0.4 is 10.2 Å². The van der Waals surface area contributed by atoms with Crippen molar-refractivity contribution in [1.29, 1.82) is 0 Å². The molecule has 5 nitrogen and oxygen atoms in total. The molecule has 0 atom stereocenters. The van der Waals surface area contributed by atoms with Gasteiger partial charge in [-0.05, 0) is 23.7 Å². The lowest BCUT2D eigenvalue weighted by Crippen LogP contribution is -2.29. The van der Waals surface area contributed by atoms with Crippen LogP contribution in [0.15, 0.2) is 47.9 Å². The molecule has 1 aromatic heterocycles. The van der Waals surface area contributed by atoms with Crippen molar-refractivity contribution >= 4 is 24.3 Å². The number of hydrogen-bond donors (Lipinski definition) is 2. The van der Waals surface area contributed by atoms with Crippen LogP contribution in [0.2, 0.25) is 0 Å². The summed E-state index contributed by atoms with van der Waals surface area (Å²) in [4.78, 5) is 7.94. The van der Waals surface area contributed by atoms with E-state index in [0.717, 1.165) is 10.8 Å². The Bertz CT molecular complexity index is 496. The van der Waals surface area contributed by atoms with Gasteiger partial charge in [-0.2, -0.15) is 0 Å². The fourth-order valence-electron chi connectivity index (χ4n) is 1.41. The summed E-state index contributed by atoms with van der Waals surface area (Å²) in [5.74, 6) is 1.48. The Morgan fingerprint density at radius 2 is 1.95 bits per heavy atom. The maximum absolute atomic E-state index is 8.95. The monoisotopic (exact) mass is 276 g/mol. The molecule has 2 aromatic rings. The zero-order valence-electron chi connectivity index (χ0n) is 10.1. The van der Waals surface area contributed by atoms with Gasteiger partial charge >= 0.3 is 7.12 Å². The van der Waals surface area contributed by atoms with Crippen LogP contribution in [0.4, 0.5) is 0 Å². The van der Waals surface area contributed by atoms with Crippen molar-refractivity contribution in [3.05, 3.63) is 42.9 Å². The standard InChI is InChI=1S/C12H13BN2O3S/c16-13(17)10-1-3-11(4-2-10)18-7-8-19-12-5-6-14-9-15-12/h1-6,9,16-17H,7-8H2. The van der Waals surface area contributed by atoms with Crippen molar-refractivity contribution in [2.75, 3.05) is 12.4 Å². The predicted octanol–water partition coefficient (Wildman–Crippen LogP) is 0.327. The molecule has 0 radical (unpaired) electrons. The van der Waals surface area contributed by atoms with E-state index in [1.54, 1.807) is 42.2 Å². The zero-order chi connectivity index (χ0) is 13.5. The molecule has 0 amide bonds. The molecule has 0 unspecified atom stereocenters. The van der Waals surface area contributed by atoms with E-state index in [4.69, 9.17) is 14.8 Å². The molecule has 1 aromatic carbocycles. The summed E-state index contributed by atoms with van der Waals surface area (Å²) in [6.45, 7) is 0.551. The van der Waals surface area contributed by atoms with Crippen molar-refractivity contribution in [2.24, 2.45) is 0 Å². The third-order valence-electron chi connectivity index (χ3n) is 2.34. The summed E-state index contributed by atoms with van der Waals surface area (Å²) in [5, 5.41) is 18.8. The van der Waals surface area contributed by atoms with E-state index < -0.39 is 7.12 Å². The predicted molar refractivity (Wildman–Crippen MR) is 74.5 cm³/mol.